The molecule has 0 aliphatic carbocycles. The molecule has 0 radical (unpaired) electrons. The first kappa shape index (κ1) is 15.6. The fourth-order valence-corrected chi connectivity index (χ4v) is 2.96. The molecular formula is C11H18F3NO2S. The van der Waals surface area contributed by atoms with Crippen LogP contribution in [0.5, 0.6) is 0 Å². The number of carboxylic acid groups (broad SMARTS) is 1. The van der Waals surface area contributed by atoms with Crippen LogP contribution in [0.4, 0.5) is 13.2 Å². The zero-order chi connectivity index (χ0) is 14.0. The number of thioether (sulfide) groups is 1. The number of hydrogen-bond donors (Lipinski definition) is 1. The van der Waals surface area contributed by atoms with Gasteiger partial charge in [0.05, 0.1) is 0 Å². The Balaban J connectivity index is 2.63. The predicted molar refractivity (Wildman–Crippen MR) is 64.8 cm³/mol. The van der Waals surface area contributed by atoms with Gasteiger partial charge in [-0.3, -0.25) is 4.79 Å². The summed E-state index contributed by atoms with van der Waals surface area (Å²) < 4.78 is 37.7. The molecule has 3 nitrogen and oxygen atoms in total. The van der Waals surface area contributed by atoms with Crippen molar-refractivity contribution in [3.8, 4) is 0 Å². The number of rotatable bonds is 3. The van der Waals surface area contributed by atoms with E-state index in [0.717, 1.165) is 12.2 Å². The molecule has 1 unspecified atom stereocenters. The molecule has 0 aromatic heterocycles. The van der Waals surface area contributed by atoms with Crippen LogP contribution in [0.25, 0.3) is 0 Å². The van der Waals surface area contributed by atoms with Crippen LogP contribution in [0.3, 0.4) is 0 Å². The molecule has 1 fully saturated rings. The molecule has 7 heteroatoms. The Morgan fingerprint density at radius 3 is 2.56 bits per heavy atom. The third kappa shape index (κ3) is 4.68. The number of nitrogens with zero attached hydrogens (tertiary/aromatic N) is 1. The Labute approximate surface area is 109 Å². The Bertz CT molecular complexity index is 307. The summed E-state index contributed by atoms with van der Waals surface area (Å²) in [5.74, 6) is -3.35. The highest BCUT2D eigenvalue weighted by molar-refractivity contribution is 8.00. The van der Waals surface area contributed by atoms with Crippen molar-refractivity contribution in [2.75, 3.05) is 25.4 Å². The lowest BCUT2D eigenvalue weighted by Crippen LogP contribution is -2.42. The Hall–Kier alpha value is -0.430. The van der Waals surface area contributed by atoms with E-state index in [1.54, 1.807) is 16.7 Å². The molecule has 1 saturated heterocycles. The standard InChI is InChI=1S/C11H18F3NO2S/c1-10(2)3-4-15(5-6-18-10)7-8(9(16)17)11(12,13)14/h8H,3-7H2,1-2H3,(H,16,17). The number of carboxylic acids is 1. The van der Waals surface area contributed by atoms with E-state index in [4.69, 9.17) is 5.11 Å². The molecule has 1 N–H and O–H groups in total. The highest BCUT2D eigenvalue weighted by atomic mass is 32.2. The molecule has 0 bridgehead atoms. The maximum absolute atomic E-state index is 12.6. The van der Waals surface area contributed by atoms with Gasteiger partial charge < -0.3 is 10.0 Å². The lowest BCUT2D eigenvalue weighted by molar-refractivity contribution is -0.196. The van der Waals surface area contributed by atoms with Crippen LogP contribution in [0.2, 0.25) is 0 Å². The van der Waals surface area contributed by atoms with Crippen LogP contribution in [0, 0.1) is 5.92 Å². The summed E-state index contributed by atoms with van der Waals surface area (Å²) in [6.07, 6.45) is -3.91. The van der Waals surface area contributed by atoms with Gasteiger partial charge in [0, 0.05) is 23.6 Å². The molecule has 1 aliphatic rings. The van der Waals surface area contributed by atoms with E-state index < -0.39 is 24.6 Å². The predicted octanol–water partition coefficient (Wildman–Crippen LogP) is 2.47. The molecule has 0 spiro atoms. The van der Waals surface area contributed by atoms with Crippen LogP contribution < -0.4 is 0 Å². The maximum Gasteiger partial charge on any atom is 0.403 e. The SMILES string of the molecule is CC1(C)CCN(CC(C(=O)O)C(F)(F)F)CCS1. The van der Waals surface area contributed by atoms with Gasteiger partial charge in [-0.1, -0.05) is 13.8 Å². The number of hydrogen-bond acceptors (Lipinski definition) is 3. The zero-order valence-electron chi connectivity index (χ0n) is 10.5. The first-order valence-corrected chi connectivity index (χ1v) is 6.76. The second-order valence-corrected chi connectivity index (χ2v) is 6.89. The van der Waals surface area contributed by atoms with Crippen molar-refractivity contribution < 1.29 is 23.1 Å². The summed E-state index contributed by atoms with van der Waals surface area (Å²) in [5.41, 5.74) is 0. The fourth-order valence-electron chi connectivity index (χ4n) is 1.82. The van der Waals surface area contributed by atoms with E-state index in [1.807, 2.05) is 0 Å². The third-order valence-corrected chi connectivity index (χ3v) is 4.44. The van der Waals surface area contributed by atoms with Gasteiger partial charge in [-0.2, -0.15) is 24.9 Å². The molecule has 1 rings (SSSR count). The smallest absolute Gasteiger partial charge is 0.403 e. The average molecular weight is 285 g/mol. The van der Waals surface area contributed by atoms with Crippen molar-refractivity contribution >= 4 is 17.7 Å². The van der Waals surface area contributed by atoms with Crippen molar-refractivity contribution in [2.45, 2.75) is 31.2 Å². The second-order valence-electron chi connectivity index (χ2n) is 5.09. The molecule has 0 aromatic rings. The normalized spacial score (nSPS) is 23.4. The number of carbonyl (C=O) groups is 1. The summed E-state index contributed by atoms with van der Waals surface area (Å²) in [4.78, 5) is 12.3. The van der Waals surface area contributed by atoms with Crippen LogP contribution in [-0.4, -0.2) is 52.3 Å². The van der Waals surface area contributed by atoms with E-state index in [2.05, 4.69) is 13.8 Å². The van der Waals surface area contributed by atoms with Crippen LogP contribution >= 0.6 is 11.8 Å². The molecule has 1 aliphatic heterocycles. The number of alkyl halides is 3. The van der Waals surface area contributed by atoms with Crippen LogP contribution in [-0.2, 0) is 4.79 Å². The van der Waals surface area contributed by atoms with Gasteiger partial charge in [-0.15, -0.1) is 0 Å². The minimum Gasteiger partial charge on any atom is -0.481 e. The van der Waals surface area contributed by atoms with Crippen molar-refractivity contribution in [1.82, 2.24) is 4.90 Å². The fraction of sp³-hybridized carbons (Fsp3) is 0.909. The molecule has 0 aromatic carbocycles. The molecular weight excluding hydrogens is 267 g/mol. The molecule has 106 valence electrons. The van der Waals surface area contributed by atoms with Crippen molar-refractivity contribution in [1.29, 1.82) is 0 Å². The summed E-state index contributed by atoms with van der Waals surface area (Å²) >= 11 is 1.72. The minimum atomic E-state index is -4.68. The topological polar surface area (TPSA) is 40.5 Å². The summed E-state index contributed by atoms with van der Waals surface area (Å²) in [5, 5.41) is 8.66. The summed E-state index contributed by atoms with van der Waals surface area (Å²) in [6, 6.07) is 0. The first-order chi connectivity index (χ1) is 8.12. The average Bonchev–Trinajstić information content (AvgIpc) is 2.34. The molecule has 0 amide bonds. The molecule has 1 heterocycles. The second kappa shape index (κ2) is 5.69. The number of halogens is 3. The highest BCUT2D eigenvalue weighted by Gasteiger charge is 2.46. The van der Waals surface area contributed by atoms with Crippen molar-refractivity contribution in [2.24, 2.45) is 5.92 Å². The van der Waals surface area contributed by atoms with Crippen LogP contribution in [0.15, 0.2) is 0 Å². The van der Waals surface area contributed by atoms with Gasteiger partial charge >= 0.3 is 12.1 Å². The van der Waals surface area contributed by atoms with E-state index in [0.29, 0.717) is 13.1 Å². The summed E-state index contributed by atoms with van der Waals surface area (Å²) in [7, 11) is 0. The van der Waals surface area contributed by atoms with E-state index in [1.165, 1.54) is 0 Å². The lowest BCUT2D eigenvalue weighted by atomic mass is 10.1. The molecule has 18 heavy (non-hydrogen) atoms. The van der Waals surface area contributed by atoms with Gasteiger partial charge in [0.25, 0.3) is 0 Å². The maximum atomic E-state index is 12.6. The first-order valence-electron chi connectivity index (χ1n) is 5.78. The molecule has 1 atom stereocenters. The minimum absolute atomic E-state index is 0.0473. The third-order valence-electron chi connectivity index (χ3n) is 3.06. The quantitative estimate of drug-likeness (QED) is 0.865. The highest BCUT2D eigenvalue weighted by Crippen LogP contribution is 2.32. The summed E-state index contributed by atoms with van der Waals surface area (Å²) in [6.45, 7) is 4.68. The van der Waals surface area contributed by atoms with E-state index in [9.17, 15) is 18.0 Å². The van der Waals surface area contributed by atoms with Gasteiger partial charge in [-0.25, -0.2) is 0 Å². The zero-order valence-corrected chi connectivity index (χ0v) is 11.3. The van der Waals surface area contributed by atoms with Gasteiger partial charge in [0.15, 0.2) is 5.92 Å². The van der Waals surface area contributed by atoms with Gasteiger partial charge in [0.2, 0.25) is 0 Å². The monoisotopic (exact) mass is 285 g/mol. The van der Waals surface area contributed by atoms with Crippen LogP contribution in [0.1, 0.15) is 20.3 Å². The Morgan fingerprint density at radius 1 is 1.44 bits per heavy atom. The largest absolute Gasteiger partial charge is 0.481 e. The molecule has 0 saturated carbocycles. The van der Waals surface area contributed by atoms with Crippen molar-refractivity contribution in [3.63, 3.8) is 0 Å². The van der Waals surface area contributed by atoms with Gasteiger partial charge in [-0.05, 0) is 13.0 Å². The van der Waals surface area contributed by atoms with E-state index in [-0.39, 0.29) is 4.75 Å². The Kier molecular flexibility index (Phi) is 4.94. The van der Waals surface area contributed by atoms with E-state index >= 15 is 0 Å². The number of aliphatic carboxylic acids is 1. The Morgan fingerprint density at radius 2 is 2.06 bits per heavy atom. The lowest BCUT2D eigenvalue weighted by Gasteiger charge is -2.26. The van der Waals surface area contributed by atoms with Gasteiger partial charge in [0.1, 0.15) is 0 Å². The van der Waals surface area contributed by atoms with Crippen molar-refractivity contribution in [3.05, 3.63) is 0 Å².